The quantitative estimate of drug-likeness (QED) is 0.790. The number of carbonyl (C=O) groups excluding carboxylic acids is 2. The number of esters is 1. The SMILES string of the molecule is CCOC(=O)Cn1cc2c(n1)CC1CN(C(=O)OC(C)(C)C)CC21. The normalized spacial score (nSPS) is 22.2. The van der Waals surface area contributed by atoms with E-state index in [1.807, 2.05) is 27.0 Å². The number of hydrogen-bond donors (Lipinski definition) is 0. The fourth-order valence-corrected chi connectivity index (χ4v) is 3.52. The topological polar surface area (TPSA) is 73.7 Å². The number of rotatable bonds is 3. The minimum absolute atomic E-state index is 0.133. The van der Waals surface area contributed by atoms with Crippen molar-refractivity contribution in [2.75, 3.05) is 19.7 Å². The van der Waals surface area contributed by atoms with Crippen LogP contribution in [0.25, 0.3) is 0 Å². The van der Waals surface area contributed by atoms with Gasteiger partial charge in [0.2, 0.25) is 0 Å². The predicted octanol–water partition coefficient (Wildman–Crippen LogP) is 1.95. The van der Waals surface area contributed by atoms with Crippen LogP contribution in [0.15, 0.2) is 6.20 Å². The van der Waals surface area contributed by atoms with Gasteiger partial charge < -0.3 is 14.4 Å². The van der Waals surface area contributed by atoms with Crippen molar-refractivity contribution in [3.8, 4) is 0 Å². The fourth-order valence-electron chi connectivity index (χ4n) is 3.52. The van der Waals surface area contributed by atoms with Crippen LogP contribution >= 0.6 is 0 Å². The molecule has 1 aliphatic heterocycles. The summed E-state index contributed by atoms with van der Waals surface area (Å²) in [4.78, 5) is 25.6. The summed E-state index contributed by atoms with van der Waals surface area (Å²) in [5.74, 6) is 0.396. The lowest BCUT2D eigenvalue weighted by Crippen LogP contribution is -2.35. The van der Waals surface area contributed by atoms with Crippen LogP contribution in [0.1, 0.15) is 44.9 Å². The van der Waals surface area contributed by atoms with Gasteiger partial charge in [0.1, 0.15) is 12.1 Å². The predicted molar refractivity (Wildman–Crippen MR) is 86.6 cm³/mol. The molecule has 1 aromatic rings. The van der Waals surface area contributed by atoms with Crippen LogP contribution in [-0.4, -0.2) is 52.0 Å². The minimum Gasteiger partial charge on any atom is -0.465 e. The van der Waals surface area contributed by atoms with Gasteiger partial charge in [-0.25, -0.2) is 4.79 Å². The molecular weight excluding hydrogens is 310 g/mol. The van der Waals surface area contributed by atoms with Crippen LogP contribution < -0.4 is 0 Å². The van der Waals surface area contributed by atoms with Crippen molar-refractivity contribution in [1.29, 1.82) is 0 Å². The molecule has 0 bridgehead atoms. The second-order valence-electron chi connectivity index (χ2n) is 7.49. The van der Waals surface area contributed by atoms with E-state index in [9.17, 15) is 9.59 Å². The van der Waals surface area contributed by atoms with Gasteiger partial charge in [-0.15, -0.1) is 0 Å². The number of fused-ring (bicyclic) bond motifs is 3. The molecule has 1 aromatic heterocycles. The van der Waals surface area contributed by atoms with Crippen LogP contribution in [0.4, 0.5) is 4.79 Å². The van der Waals surface area contributed by atoms with Crippen molar-refractivity contribution in [3.05, 3.63) is 17.5 Å². The zero-order chi connectivity index (χ0) is 17.5. The summed E-state index contributed by atoms with van der Waals surface area (Å²) in [5, 5.41) is 4.51. The van der Waals surface area contributed by atoms with E-state index in [0.717, 1.165) is 17.7 Å². The van der Waals surface area contributed by atoms with Gasteiger partial charge in [-0.05, 0) is 45.6 Å². The first-order chi connectivity index (χ1) is 11.3. The van der Waals surface area contributed by atoms with E-state index >= 15 is 0 Å². The van der Waals surface area contributed by atoms with Gasteiger partial charge in [-0.3, -0.25) is 9.48 Å². The van der Waals surface area contributed by atoms with Crippen molar-refractivity contribution < 1.29 is 19.1 Å². The summed E-state index contributed by atoms with van der Waals surface area (Å²) < 4.78 is 12.1. The molecule has 1 fully saturated rings. The Bertz CT molecular complexity index is 647. The third-order valence-electron chi connectivity index (χ3n) is 4.41. The lowest BCUT2D eigenvalue weighted by molar-refractivity contribution is -0.144. The van der Waals surface area contributed by atoms with E-state index in [0.29, 0.717) is 25.6 Å². The molecule has 0 aromatic carbocycles. The van der Waals surface area contributed by atoms with Crippen LogP contribution in [0.3, 0.4) is 0 Å². The van der Waals surface area contributed by atoms with E-state index in [2.05, 4.69) is 5.10 Å². The molecule has 0 saturated carbocycles. The summed E-state index contributed by atoms with van der Waals surface area (Å²) >= 11 is 0. The zero-order valence-electron chi connectivity index (χ0n) is 14.7. The molecule has 1 amide bonds. The monoisotopic (exact) mass is 335 g/mol. The maximum Gasteiger partial charge on any atom is 0.410 e. The highest BCUT2D eigenvalue weighted by Crippen LogP contribution is 2.42. The van der Waals surface area contributed by atoms with Gasteiger partial charge in [0.25, 0.3) is 0 Å². The summed E-state index contributed by atoms with van der Waals surface area (Å²) in [6.45, 7) is 9.27. The van der Waals surface area contributed by atoms with Gasteiger partial charge in [0, 0.05) is 25.2 Å². The standard InChI is InChI=1S/C17H25N3O4/c1-5-23-15(21)10-20-9-13-12-8-19(16(22)24-17(2,3)4)7-11(12)6-14(13)18-20/h9,11-12H,5-8,10H2,1-4H3. The Morgan fingerprint density at radius 1 is 1.33 bits per heavy atom. The van der Waals surface area contributed by atoms with Gasteiger partial charge in [-0.2, -0.15) is 5.10 Å². The molecule has 1 aliphatic carbocycles. The molecule has 0 radical (unpaired) electrons. The molecule has 2 aliphatic rings. The summed E-state index contributed by atoms with van der Waals surface area (Å²) in [6, 6.07) is 0. The van der Waals surface area contributed by atoms with Crippen molar-refractivity contribution in [2.24, 2.45) is 5.92 Å². The molecule has 7 heteroatoms. The molecular formula is C17H25N3O4. The van der Waals surface area contributed by atoms with Crippen molar-refractivity contribution >= 4 is 12.1 Å². The van der Waals surface area contributed by atoms with Crippen LogP contribution in [0.5, 0.6) is 0 Å². The van der Waals surface area contributed by atoms with Crippen LogP contribution in [0.2, 0.25) is 0 Å². The first-order valence-electron chi connectivity index (χ1n) is 8.46. The van der Waals surface area contributed by atoms with Gasteiger partial charge in [0.15, 0.2) is 0 Å². The maximum absolute atomic E-state index is 12.2. The van der Waals surface area contributed by atoms with Gasteiger partial charge in [-0.1, -0.05) is 0 Å². The average Bonchev–Trinajstić information content (AvgIpc) is 3.07. The molecule has 2 unspecified atom stereocenters. The highest BCUT2D eigenvalue weighted by molar-refractivity contribution is 5.69. The van der Waals surface area contributed by atoms with E-state index in [-0.39, 0.29) is 24.5 Å². The largest absolute Gasteiger partial charge is 0.465 e. The second kappa shape index (κ2) is 6.11. The zero-order valence-corrected chi connectivity index (χ0v) is 14.7. The van der Waals surface area contributed by atoms with Crippen LogP contribution in [0, 0.1) is 5.92 Å². The van der Waals surface area contributed by atoms with Crippen molar-refractivity contribution in [2.45, 2.75) is 52.2 Å². The Morgan fingerprint density at radius 3 is 2.75 bits per heavy atom. The Balaban J connectivity index is 1.65. The lowest BCUT2D eigenvalue weighted by atomic mass is 9.98. The first kappa shape index (κ1) is 16.8. The van der Waals surface area contributed by atoms with Crippen LogP contribution in [-0.2, 0) is 27.2 Å². The fraction of sp³-hybridized carbons (Fsp3) is 0.706. The average molecular weight is 335 g/mol. The number of amides is 1. The molecule has 0 spiro atoms. The highest BCUT2D eigenvalue weighted by atomic mass is 16.6. The second-order valence-corrected chi connectivity index (χ2v) is 7.49. The van der Waals surface area contributed by atoms with Crippen molar-refractivity contribution in [1.82, 2.24) is 14.7 Å². The molecule has 7 nitrogen and oxygen atoms in total. The van der Waals surface area contributed by atoms with E-state index in [1.165, 1.54) is 0 Å². The number of carbonyl (C=O) groups is 2. The Labute approximate surface area is 141 Å². The minimum atomic E-state index is -0.482. The molecule has 24 heavy (non-hydrogen) atoms. The highest BCUT2D eigenvalue weighted by Gasteiger charge is 2.44. The number of nitrogens with zero attached hydrogens (tertiary/aromatic N) is 3. The smallest absolute Gasteiger partial charge is 0.410 e. The third-order valence-corrected chi connectivity index (χ3v) is 4.41. The van der Waals surface area contributed by atoms with E-state index < -0.39 is 5.60 Å². The first-order valence-corrected chi connectivity index (χ1v) is 8.46. The summed E-state index contributed by atoms with van der Waals surface area (Å²) in [7, 11) is 0. The molecule has 1 saturated heterocycles. The van der Waals surface area contributed by atoms with Crippen molar-refractivity contribution in [3.63, 3.8) is 0 Å². The van der Waals surface area contributed by atoms with E-state index in [4.69, 9.17) is 9.47 Å². The third kappa shape index (κ3) is 3.39. The van der Waals surface area contributed by atoms with E-state index in [1.54, 1.807) is 16.5 Å². The summed E-state index contributed by atoms with van der Waals surface area (Å²) in [5.41, 5.74) is 1.71. The number of likely N-dealkylation sites (tertiary alicyclic amines) is 1. The Morgan fingerprint density at radius 2 is 2.08 bits per heavy atom. The molecule has 2 heterocycles. The number of ether oxygens (including phenoxy) is 2. The number of aromatic nitrogens is 2. The maximum atomic E-state index is 12.2. The molecule has 3 rings (SSSR count). The van der Waals surface area contributed by atoms with Gasteiger partial charge >= 0.3 is 12.1 Å². The summed E-state index contributed by atoms with van der Waals surface area (Å²) in [6.07, 6.45) is 2.52. The lowest BCUT2D eigenvalue weighted by Gasteiger charge is -2.24. The molecule has 132 valence electrons. The Hall–Kier alpha value is -2.05. The van der Waals surface area contributed by atoms with Gasteiger partial charge in [0.05, 0.1) is 12.3 Å². The number of hydrogen-bond acceptors (Lipinski definition) is 5. The molecule has 2 atom stereocenters. The molecule has 0 N–H and O–H groups in total. The Kier molecular flexibility index (Phi) is 4.27.